The minimum absolute atomic E-state index is 0.0821. The van der Waals surface area contributed by atoms with Crippen LogP contribution in [-0.2, 0) is 17.8 Å². The second-order valence-corrected chi connectivity index (χ2v) is 11.7. The summed E-state index contributed by atoms with van der Waals surface area (Å²) in [7, 11) is 0. The zero-order valence-electron chi connectivity index (χ0n) is 20.6. The minimum atomic E-state index is -0.656. The van der Waals surface area contributed by atoms with Crippen LogP contribution in [0.3, 0.4) is 0 Å². The summed E-state index contributed by atoms with van der Waals surface area (Å²) in [6.07, 6.45) is 8.87. The Morgan fingerprint density at radius 2 is 1.83 bits per heavy atom. The molecule has 4 fully saturated rings. The van der Waals surface area contributed by atoms with Crippen LogP contribution in [0.4, 0.5) is 5.82 Å². The van der Waals surface area contributed by atoms with Crippen LogP contribution < -0.4 is 14.8 Å². The fourth-order valence-corrected chi connectivity index (χ4v) is 8.04. The van der Waals surface area contributed by atoms with E-state index in [1.165, 1.54) is 38.5 Å². The average Bonchev–Trinajstić information content (AvgIpc) is 2.90. The molecule has 1 aromatic carbocycles. The molecule has 0 saturated heterocycles. The standard InChI is InChI=1S/C28H34N4O4/c33-25(28-10-17-7-18(11-28)9-19(8-17)12-28)13-29-26-20-5-6-32(14-21(20)30-16-31-26)27(34)24-15-35-22-3-1-2-4-23(22)36-24/h1-4,16-19,24-25,33H,5-15H2,(H,29,30,31)/t17?,18?,19?,24-,25?,28?/m1/s1. The van der Waals surface area contributed by atoms with Gasteiger partial charge in [0.05, 0.1) is 18.3 Å². The minimum Gasteiger partial charge on any atom is -0.485 e. The van der Waals surface area contributed by atoms with Gasteiger partial charge in [-0.15, -0.1) is 0 Å². The summed E-state index contributed by atoms with van der Waals surface area (Å²) in [4.78, 5) is 24.0. The van der Waals surface area contributed by atoms with Crippen LogP contribution in [0, 0.1) is 23.2 Å². The SMILES string of the molecule is O=C([C@H]1COc2ccccc2O1)N1CCc2c(ncnc2NCC(O)C23CC4CC(CC(C4)C2)C3)C1. The number of amides is 1. The Hall–Kier alpha value is -2.87. The molecular formula is C28H34N4O4. The molecule has 4 aliphatic carbocycles. The quantitative estimate of drug-likeness (QED) is 0.664. The summed E-state index contributed by atoms with van der Waals surface area (Å²) in [6.45, 7) is 1.72. The van der Waals surface area contributed by atoms with Gasteiger partial charge >= 0.3 is 0 Å². The monoisotopic (exact) mass is 490 g/mol. The lowest BCUT2D eigenvalue weighted by Gasteiger charge is -2.58. The summed E-state index contributed by atoms with van der Waals surface area (Å²) < 4.78 is 11.7. The maximum absolute atomic E-state index is 13.2. The summed E-state index contributed by atoms with van der Waals surface area (Å²) in [6, 6.07) is 7.43. The number of anilines is 1. The van der Waals surface area contributed by atoms with Crippen LogP contribution in [0.5, 0.6) is 11.5 Å². The van der Waals surface area contributed by atoms with Gasteiger partial charge in [0, 0.05) is 18.7 Å². The largest absolute Gasteiger partial charge is 0.485 e. The van der Waals surface area contributed by atoms with Gasteiger partial charge in [-0.3, -0.25) is 4.79 Å². The molecule has 2 aliphatic heterocycles. The Morgan fingerprint density at radius 3 is 2.58 bits per heavy atom. The smallest absolute Gasteiger partial charge is 0.267 e. The number of nitrogens with one attached hydrogen (secondary N) is 1. The number of fused-ring (bicyclic) bond motifs is 2. The zero-order chi connectivity index (χ0) is 24.3. The van der Waals surface area contributed by atoms with Crippen LogP contribution >= 0.6 is 0 Å². The highest BCUT2D eigenvalue weighted by Crippen LogP contribution is 2.61. The molecule has 1 amide bonds. The molecule has 8 rings (SSSR count). The molecular weight excluding hydrogens is 456 g/mol. The number of nitrogens with zero attached hydrogens (tertiary/aromatic N) is 3. The molecule has 3 heterocycles. The molecule has 2 N–H and O–H groups in total. The predicted octanol–water partition coefficient (Wildman–Crippen LogP) is 3.19. The maximum Gasteiger partial charge on any atom is 0.267 e. The van der Waals surface area contributed by atoms with Crippen LogP contribution in [0.1, 0.15) is 49.8 Å². The molecule has 8 nitrogen and oxygen atoms in total. The van der Waals surface area contributed by atoms with Gasteiger partial charge in [-0.25, -0.2) is 9.97 Å². The molecule has 1 unspecified atom stereocenters. The van der Waals surface area contributed by atoms with Crippen LogP contribution in [0.15, 0.2) is 30.6 Å². The van der Waals surface area contributed by atoms with E-state index in [0.717, 1.165) is 34.8 Å². The predicted molar refractivity (Wildman–Crippen MR) is 133 cm³/mol. The number of aliphatic hydroxyl groups is 1. The Morgan fingerprint density at radius 1 is 1.11 bits per heavy atom. The Kier molecular flexibility index (Phi) is 5.34. The summed E-state index contributed by atoms with van der Waals surface area (Å²) >= 11 is 0. The Balaban J connectivity index is 1.01. The second-order valence-electron chi connectivity index (χ2n) is 11.7. The summed E-state index contributed by atoms with van der Waals surface area (Å²) in [5.74, 6) is 4.42. The van der Waals surface area contributed by atoms with Gasteiger partial charge in [0.1, 0.15) is 18.8 Å². The third-order valence-electron chi connectivity index (χ3n) is 9.36. The summed E-state index contributed by atoms with van der Waals surface area (Å²) in [5.41, 5.74) is 1.98. The fraction of sp³-hybridized carbons (Fsp3) is 0.607. The third-order valence-corrected chi connectivity index (χ3v) is 9.36. The van der Waals surface area contributed by atoms with Crippen LogP contribution in [-0.4, -0.2) is 57.8 Å². The third kappa shape index (κ3) is 3.81. The molecule has 2 aromatic rings. The summed E-state index contributed by atoms with van der Waals surface area (Å²) in [5, 5.41) is 14.8. The van der Waals surface area contributed by atoms with Crippen molar-refractivity contribution in [1.82, 2.24) is 14.9 Å². The topological polar surface area (TPSA) is 96.8 Å². The van der Waals surface area contributed by atoms with E-state index < -0.39 is 6.10 Å². The van der Waals surface area contributed by atoms with Gasteiger partial charge < -0.3 is 24.8 Å². The van der Waals surface area contributed by atoms with E-state index >= 15 is 0 Å². The van der Waals surface area contributed by atoms with Crippen molar-refractivity contribution in [2.75, 3.05) is 25.0 Å². The molecule has 2 atom stereocenters. The lowest BCUT2D eigenvalue weighted by atomic mass is 9.48. The van der Waals surface area contributed by atoms with E-state index in [-0.39, 0.29) is 24.0 Å². The highest BCUT2D eigenvalue weighted by Gasteiger charge is 2.53. The zero-order valence-corrected chi connectivity index (χ0v) is 20.6. The van der Waals surface area contributed by atoms with Gasteiger partial charge in [-0.2, -0.15) is 0 Å². The number of benzene rings is 1. The molecule has 36 heavy (non-hydrogen) atoms. The molecule has 0 spiro atoms. The number of carbonyl (C=O) groups is 1. The van der Waals surface area contributed by atoms with Crippen molar-refractivity contribution in [1.29, 1.82) is 0 Å². The van der Waals surface area contributed by atoms with E-state index in [9.17, 15) is 9.90 Å². The fourth-order valence-electron chi connectivity index (χ4n) is 8.04. The number of aliphatic hydroxyl groups excluding tert-OH is 1. The maximum atomic E-state index is 13.2. The van der Waals surface area contributed by atoms with Crippen molar-refractivity contribution in [3.8, 4) is 11.5 Å². The highest BCUT2D eigenvalue weighted by molar-refractivity contribution is 5.82. The number of aromatic nitrogens is 2. The first kappa shape index (κ1) is 22.3. The second kappa shape index (κ2) is 8.61. The number of carbonyl (C=O) groups excluding carboxylic acids is 1. The number of para-hydroxylation sites is 2. The Labute approximate surface area is 211 Å². The average molecular weight is 491 g/mol. The molecule has 1 aromatic heterocycles. The molecule has 190 valence electrons. The van der Waals surface area contributed by atoms with Crippen molar-refractivity contribution < 1.29 is 19.4 Å². The Bertz CT molecular complexity index is 1130. The van der Waals surface area contributed by atoms with Crippen molar-refractivity contribution >= 4 is 11.7 Å². The van der Waals surface area contributed by atoms with E-state index in [0.29, 0.717) is 37.6 Å². The number of rotatable bonds is 5. The van der Waals surface area contributed by atoms with Crippen molar-refractivity contribution in [2.45, 2.75) is 63.7 Å². The van der Waals surface area contributed by atoms with E-state index in [2.05, 4.69) is 15.3 Å². The normalized spacial score (nSPS) is 32.6. The van der Waals surface area contributed by atoms with Gasteiger partial charge in [0.2, 0.25) is 6.10 Å². The first-order valence-corrected chi connectivity index (χ1v) is 13.5. The van der Waals surface area contributed by atoms with Gasteiger partial charge in [0.15, 0.2) is 11.5 Å². The molecule has 6 aliphatic rings. The van der Waals surface area contributed by atoms with Gasteiger partial charge in [-0.1, -0.05) is 12.1 Å². The molecule has 8 heteroatoms. The number of ether oxygens (including phenoxy) is 2. The van der Waals surface area contributed by atoms with E-state index in [1.54, 1.807) is 11.2 Å². The van der Waals surface area contributed by atoms with Crippen LogP contribution in [0.25, 0.3) is 0 Å². The molecule has 4 saturated carbocycles. The van der Waals surface area contributed by atoms with E-state index in [4.69, 9.17) is 9.47 Å². The lowest BCUT2D eigenvalue weighted by Crippen LogP contribution is -2.53. The van der Waals surface area contributed by atoms with Gasteiger partial charge in [-0.05, 0) is 80.2 Å². The van der Waals surface area contributed by atoms with Crippen LogP contribution in [0.2, 0.25) is 0 Å². The first-order chi connectivity index (χ1) is 17.6. The highest BCUT2D eigenvalue weighted by atomic mass is 16.6. The van der Waals surface area contributed by atoms with Crippen molar-refractivity contribution in [3.63, 3.8) is 0 Å². The first-order valence-electron chi connectivity index (χ1n) is 13.5. The van der Waals surface area contributed by atoms with Crippen molar-refractivity contribution in [3.05, 3.63) is 41.9 Å². The molecule has 0 radical (unpaired) electrons. The van der Waals surface area contributed by atoms with Crippen molar-refractivity contribution in [2.24, 2.45) is 23.2 Å². The molecule has 4 bridgehead atoms. The van der Waals surface area contributed by atoms with Gasteiger partial charge in [0.25, 0.3) is 5.91 Å². The number of hydrogen-bond donors (Lipinski definition) is 2. The lowest BCUT2D eigenvalue weighted by molar-refractivity contribution is -0.142. The number of hydrogen-bond acceptors (Lipinski definition) is 7. The van der Waals surface area contributed by atoms with E-state index in [1.807, 2.05) is 24.3 Å².